The maximum atomic E-state index is 13.0. The van der Waals surface area contributed by atoms with Crippen molar-refractivity contribution in [3.8, 4) is 11.5 Å². The lowest BCUT2D eigenvalue weighted by atomic mass is 10.2. The van der Waals surface area contributed by atoms with Crippen molar-refractivity contribution in [2.45, 2.75) is 20.5 Å². The van der Waals surface area contributed by atoms with Crippen LogP contribution in [0.1, 0.15) is 23.9 Å². The Morgan fingerprint density at radius 1 is 1.06 bits per heavy atom. The van der Waals surface area contributed by atoms with E-state index < -0.39 is 0 Å². The molecule has 0 N–H and O–H groups in total. The molecule has 0 bridgehead atoms. The Bertz CT molecular complexity index is 1510. The van der Waals surface area contributed by atoms with Gasteiger partial charge >= 0.3 is 0 Å². The van der Waals surface area contributed by atoms with Gasteiger partial charge in [-0.1, -0.05) is 45.2 Å². The molecule has 0 aliphatic heterocycles. The van der Waals surface area contributed by atoms with E-state index in [0.29, 0.717) is 54.9 Å². The monoisotopic (exact) mass is 637 g/mol. The summed E-state index contributed by atoms with van der Waals surface area (Å²) in [7, 11) is 0. The number of rotatable bonds is 7. The zero-order valence-corrected chi connectivity index (χ0v) is 23.4. The van der Waals surface area contributed by atoms with E-state index in [4.69, 9.17) is 32.7 Å². The number of aromatic nitrogens is 2. The van der Waals surface area contributed by atoms with E-state index in [1.165, 1.54) is 4.68 Å². The summed E-state index contributed by atoms with van der Waals surface area (Å²) in [5, 5.41) is 5.96. The van der Waals surface area contributed by atoms with Gasteiger partial charge in [-0.25, -0.2) is 4.98 Å². The highest BCUT2D eigenvalue weighted by Crippen LogP contribution is 2.34. The van der Waals surface area contributed by atoms with E-state index in [9.17, 15) is 4.79 Å². The number of benzene rings is 3. The first-order valence-electron chi connectivity index (χ1n) is 10.5. The second-order valence-electron chi connectivity index (χ2n) is 7.46. The molecule has 3 aromatic carbocycles. The van der Waals surface area contributed by atoms with E-state index in [0.717, 1.165) is 10.0 Å². The van der Waals surface area contributed by atoms with E-state index >= 15 is 0 Å². The van der Waals surface area contributed by atoms with E-state index in [1.807, 2.05) is 19.1 Å². The lowest BCUT2D eigenvalue weighted by Gasteiger charge is -2.14. The summed E-state index contributed by atoms with van der Waals surface area (Å²) in [6.07, 6.45) is 1.58. The van der Waals surface area contributed by atoms with Crippen molar-refractivity contribution < 1.29 is 9.47 Å². The largest absolute Gasteiger partial charge is 0.490 e. The standard InChI is InChI=1S/C25H19Br2Cl2N3O3/c1-3-34-23-8-16(20(27)11-24(23)35-13-15-4-6-18(28)10-21(15)29)12-30-32-14(2)31-22-7-5-17(26)9-19(22)25(32)33/h4-12H,3,13H2,1-2H3. The summed E-state index contributed by atoms with van der Waals surface area (Å²) in [5.74, 6) is 1.54. The molecule has 0 spiro atoms. The molecule has 0 aliphatic carbocycles. The minimum atomic E-state index is -0.258. The lowest BCUT2D eigenvalue weighted by molar-refractivity contribution is 0.269. The Morgan fingerprint density at radius 2 is 1.83 bits per heavy atom. The van der Waals surface area contributed by atoms with Gasteiger partial charge < -0.3 is 9.47 Å². The summed E-state index contributed by atoms with van der Waals surface area (Å²) >= 11 is 19.2. The highest BCUT2D eigenvalue weighted by molar-refractivity contribution is 9.10. The van der Waals surface area contributed by atoms with Crippen molar-refractivity contribution >= 4 is 72.2 Å². The second-order valence-corrected chi connectivity index (χ2v) is 10.1. The zero-order chi connectivity index (χ0) is 25.1. The third-order valence-electron chi connectivity index (χ3n) is 5.04. The molecule has 180 valence electrons. The third-order valence-corrected chi connectivity index (χ3v) is 6.81. The van der Waals surface area contributed by atoms with Gasteiger partial charge in [-0.15, -0.1) is 0 Å². The lowest BCUT2D eigenvalue weighted by Crippen LogP contribution is -2.20. The smallest absolute Gasteiger partial charge is 0.282 e. The number of halogens is 4. The minimum absolute atomic E-state index is 0.239. The van der Waals surface area contributed by atoms with Crippen LogP contribution < -0.4 is 15.0 Å². The van der Waals surface area contributed by atoms with E-state index in [-0.39, 0.29) is 12.2 Å². The molecule has 0 unspecified atom stereocenters. The fourth-order valence-corrected chi connectivity index (χ4v) is 4.59. The van der Waals surface area contributed by atoms with Gasteiger partial charge in [0, 0.05) is 30.1 Å². The normalized spacial score (nSPS) is 11.4. The van der Waals surface area contributed by atoms with E-state index in [2.05, 4.69) is 41.9 Å². The van der Waals surface area contributed by atoms with Crippen LogP contribution in [-0.4, -0.2) is 22.5 Å². The molecule has 0 aliphatic rings. The molecule has 1 aromatic heterocycles. The zero-order valence-electron chi connectivity index (χ0n) is 18.7. The number of fused-ring (bicyclic) bond motifs is 1. The summed E-state index contributed by atoms with van der Waals surface area (Å²) < 4.78 is 14.6. The van der Waals surface area contributed by atoms with Gasteiger partial charge in [0.25, 0.3) is 5.56 Å². The Hall–Kier alpha value is -2.39. The van der Waals surface area contributed by atoms with Crippen LogP contribution in [0.25, 0.3) is 10.9 Å². The molecule has 6 nitrogen and oxygen atoms in total. The summed E-state index contributed by atoms with van der Waals surface area (Å²) in [6, 6.07) is 14.2. The highest BCUT2D eigenvalue weighted by Gasteiger charge is 2.13. The second kappa shape index (κ2) is 11.1. The van der Waals surface area contributed by atoms with Gasteiger partial charge in [-0.2, -0.15) is 9.78 Å². The first-order chi connectivity index (χ1) is 16.8. The molecule has 10 heteroatoms. The average molecular weight is 640 g/mol. The number of aryl methyl sites for hydroxylation is 1. The molecule has 0 atom stereocenters. The maximum Gasteiger partial charge on any atom is 0.282 e. The maximum absolute atomic E-state index is 13.0. The van der Waals surface area contributed by atoms with Crippen molar-refractivity contribution in [3.63, 3.8) is 0 Å². The van der Waals surface area contributed by atoms with Gasteiger partial charge in [0.05, 0.1) is 23.7 Å². The Labute approximate surface area is 228 Å². The quantitative estimate of drug-likeness (QED) is 0.198. The van der Waals surface area contributed by atoms with Crippen LogP contribution >= 0.6 is 55.1 Å². The highest BCUT2D eigenvalue weighted by atomic mass is 79.9. The van der Waals surface area contributed by atoms with Crippen LogP contribution in [0.2, 0.25) is 10.0 Å². The first kappa shape index (κ1) is 25.7. The fourth-order valence-electron chi connectivity index (χ4n) is 3.34. The molecular weight excluding hydrogens is 621 g/mol. The van der Waals surface area contributed by atoms with Crippen LogP contribution in [0.3, 0.4) is 0 Å². The van der Waals surface area contributed by atoms with Gasteiger partial charge in [-0.3, -0.25) is 4.79 Å². The molecule has 4 aromatic rings. The number of hydrogen-bond acceptors (Lipinski definition) is 5. The molecular formula is C25H19Br2Cl2N3O3. The van der Waals surface area contributed by atoms with Crippen molar-refractivity contribution in [3.05, 3.63) is 94.8 Å². The van der Waals surface area contributed by atoms with Gasteiger partial charge in [0.15, 0.2) is 11.5 Å². The Kier molecular flexibility index (Phi) is 8.16. The molecule has 0 amide bonds. The van der Waals surface area contributed by atoms with Crippen LogP contribution in [0.4, 0.5) is 0 Å². The van der Waals surface area contributed by atoms with Crippen LogP contribution in [0, 0.1) is 6.92 Å². The number of hydrogen-bond donors (Lipinski definition) is 0. The first-order valence-corrected chi connectivity index (χ1v) is 12.9. The fraction of sp³-hybridized carbons (Fsp3) is 0.160. The van der Waals surface area contributed by atoms with Gasteiger partial charge in [-0.05, 0) is 72.2 Å². The Balaban J connectivity index is 1.66. The van der Waals surface area contributed by atoms with Gasteiger partial charge in [0.2, 0.25) is 0 Å². The number of ether oxygens (including phenoxy) is 2. The topological polar surface area (TPSA) is 65.7 Å². The number of nitrogens with zero attached hydrogens (tertiary/aromatic N) is 3. The summed E-state index contributed by atoms with van der Waals surface area (Å²) in [4.78, 5) is 17.5. The molecule has 4 rings (SSSR count). The van der Waals surface area contributed by atoms with Crippen molar-refractivity contribution in [1.29, 1.82) is 0 Å². The van der Waals surface area contributed by atoms with Crippen LogP contribution in [0.15, 0.2) is 67.4 Å². The minimum Gasteiger partial charge on any atom is -0.490 e. The molecule has 0 fully saturated rings. The molecule has 0 saturated heterocycles. The van der Waals surface area contributed by atoms with Crippen molar-refractivity contribution in [1.82, 2.24) is 9.66 Å². The van der Waals surface area contributed by atoms with Crippen LogP contribution in [0.5, 0.6) is 11.5 Å². The summed E-state index contributed by atoms with van der Waals surface area (Å²) in [6.45, 7) is 4.30. The summed E-state index contributed by atoms with van der Waals surface area (Å²) in [5.41, 5.74) is 1.85. The predicted octanol–water partition coefficient (Wildman–Crippen LogP) is 7.40. The molecule has 35 heavy (non-hydrogen) atoms. The van der Waals surface area contributed by atoms with Gasteiger partial charge in [0.1, 0.15) is 12.4 Å². The average Bonchev–Trinajstić information content (AvgIpc) is 2.81. The molecule has 0 saturated carbocycles. The van der Waals surface area contributed by atoms with Crippen molar-refractivity contribution in [2.24, 2.45) is 5.10 Å². The predicted molar refractivity (Wildman–Crippen MR) is 148 cm³/mol. The third kappa shape index (κ3) is 5.89. The molecule has 0 radical (unpaired) electrons. The Morgan fingerprint density at radius 3 is 2.57 bits per heavy atom. The molecule has 1 heterocycles. The van der Waals surface area contributed by atoms with E-state index in [1.54, 1.807) is 49.5 Å². The SMILES string of the molecule is CCOc1cc(C=Nn2c(C)nc3ccc(Br)cc3c2=O)c(Br)cc1OCc1ccc(Cl)cc1Cl. The van der Waals surface area contributed by atoms with Crippen molar-refractivity contribution in [2.75, 3.05) is 6.61 Å². The van der Waals surface area contributed by atoms with Crippen LogP contribution in [-0.2, 0) is 6.61 Å².